The van der Waals surface area contributed by atoms with Gasteiger partial charge in [-0.15, -0.1) is 0 Å². The highest BCUT2D eigenvalue weighted by Crippen LogP contribution is 2.43. The number of ether oxygens (including phenoxy) is 1. The number of alkyl halides is 3. The van der Waals surface area contributed by atoms with Crippen LogP contribution in [0.5, 0.6) is 5.75 Å². The molecule has 0 aliphatic rings. The Labute approximate surface area is 111 Å². The molecule has 1 N–H and O–H groups in total. The summed E-state index contributed by atoms with van der Waals surface area (Å²) in [5, 5.41) is 9.86. The summed E-state index contributed by atoms with van der Waals surface area (Å²) in [6.45, 7) is 7.83. The average Bonchev–Trinajstić information content (AvgIpc) is 2.24. The lowest BCUT2D eigenvalue weighted by molar-refractivity contribution is -0.259. The molecule has 1 aromatic rings. The fourth-order valence-electron chi connectivity index (χ4n) is 2.24. The van der Waals surface area contributed by atoms with E-state index in [9.17, 15) is 18.3 Å². The number of hydrogen-bond acceptors (Lipinski definition) is 2. The zero-order valence-electron chi connectivity index (χ0n) is 11.8. The lowest BCUT2D eigenvalue weighted by Gasteiger charge is -2.31. The van der Waals surface area contributed by atoms with E-state index in [-0.39, 0.29) is 5.56 Å². The number of halogens is 3. The second-order valence-corrected chi connectivity index (χ2v) is 4.82. The van der Waals surface area contributed by atoms with E-state index in [0.29, 0.717) is 29.0 Å². The zero-order valence-corrected chi connectivity index (χ0v) is 11.8. The van der Waals surface area contributed by atoms with E-state index < -0.39 is 11.8 Å². The molecule has 0 saturated carbocycles. The maximum absolute atomic E-state index is 13.0. The van der Waals surface area contributed by atoms with Crippen LogP contribution >= 0.6 is 0 Å². The van der Waals surface area contributed by atoms with Gasteiger partial charge in [-0.2, -0.15) is 13.2 Å². The fourth-order valence-corrected chi connectivity index (χ4v) is 2.24. The average molecular weight is 276 g/mol. The molecule has 0 heterocycles. The van der Waals surface area contributed by atoms with Crippen LogP contribution in [0.3, 0.4) is 0 Å². The van der Waals surface area contributed by atoms with Gasteiger partial charge in [-0.05, 0) is 62.9 Å². The van der Waals surface area contributed by atoms with Gasteiger partial charge < -0.3 is 9.84 Å². The number of rotatable bonds is 3. The molecule has 0 fully saturated rings. The SMILES string of the molecule is CCOc1cc(C)c(C(C)(O)C(F)(F)F)c(C)c1C. The number of benzene rings is 1. The number of aliphatic hydroxyl groups is 1. The Balaban J connectivity index is 3.51. The van der Waals surface area contributed by atoms with Gasteiger partial charge in [0.2, 0.25) is 0 Å². The molecule has 2 nitrogen and oxygen atoms in total. The summed E-state index contributed by atoms with van der Waals surface area (Å²) in [7, 11) is 0. The smallest absolute Gasteiger partial charge is 0.421 e. The summed E-state index contributed by atoms with van der Waals surface area (Å²) in [5.74, 6) is 0.555. The predicted molar refractivity (Wildman–Crippen MR) is 67.4 cm³/mol. The summed E-state index contributed by atoms with van der Waals surface area (Å²) in [6.07, 6.45) is -4.72. The number of aryl methyl sites for hydroxylation is 1. The van der Waals surface area contributed by atoms with Gasteiger partial charge in [0.1, 0.15) is 5.75 Å². The van der Waals surface area contributed by atoms with Crippen molar-refractivity contribution in [1.29, 1.82) is 0 Å². The first-order valence-corrected chi connectivity index (χ1v) is 6.07. The molecule has 19 heavy (non-hydrogen) atoms. The van der Waals surface area contributed by atoms with Gasteiger partial charge >= 0.3 is 6.18 Å². The standard InChI is InChI=1S/C14H19F3O2/c1-6-19-11-7-8(2)12(10(4)9(11)3)13(5,18)14(15,16)17/h7,18H,6H2,1-5H3. The Bertz CT molecular complexity index is 477. The molecule has 0 aromatic heterocycles. The Morgan fingerprint density at radius 1 is 1.16 bits per heavy atom. The number of hydrogen-bond donors (Lipinski definition) is 1. The molecule has 0 amide bonds. The highest BCUT2D eigenvalue weighted by atomic mass is 19.4. The first-order chi connectivity index (χ1) is 8.54. The van der Waals surface area contributed by atoms with Crippen molar-refractivity contribution in [3.63, 3.8) is 0 Å². The lowest BCUT2D eigenvalue weighted by atomic mass is 9.85. The van der Waals surface area contributed by atoms with E-state index in [1.54, 1.807) is 26.8 Å². The Morgan fingerprint density at radius 2 is 1.68 bits per heavy atom. The summed E-state index contributed by atoms with van der Waals surface area (Å²) in [5.41, 5.74) is -1.57. The topological polar surface area (TPSA) is 29.5 Å². The molecule has 1 aromatic carbocycles. The lowest BCUT2D eigenvalue weighted by Crippen LogP contribution is -2.40. The highest BCUT2D eigenvalue weighted by molar-refractivity contribution is 5.50. The molecular weight excluding hydrogens is 257 g/mol. The van der Waals surface area contributed by atoms with Gasteiger partial charge in [-0.3, -0.25) is 0 Å². The van der Waals surface area contributed by atoms with Crippen molar-refractivity contribution in [2.75, 3.05) is 6.61 Å². The molecule has 0 spiro atoms. The first-order valence-electron chi connectivity index (χ1n) is 6.07. The third-order valence-corrected chi connectivity index (χ3v) is 3.39. The molecule has 0 saturated heterocycles. The molecule has 5 heteroatoms. The second-order valence-electron chi connectivity index (χ2n) is 4.82. The van der Waals surface area contributed by atoms with Gasteiger partial charge in [-0.1, -0.05) is 0 Å². The molecule has 1 atom stereocenters. The van der Waals surface area contributed by atoms with Gasteiger partial charge in [-0.25, -0.2) is 0 Å². The molecule has 0 radical (unpaired) electrons. The van der Waals surface area contributed by atoms with Crippen LogP contribution in [0.2, 0.25) is 0 Å². The quantitative estimate of drug-likeness (QED) is 0.910. The van der Waals surface area contributed by atoms with Crippen LogP contribution in [0.1, 0.15) is 36.1 Å². The van der Waals surface area contributed by atoms with E-state index in [2.05, 4.69) is 0 Å². The van der Waals surface area contributed by atoms with Crippen molar-refractivity contribution >= 4 is 0 Å². The van der Waals surface area contributed by atoms with Crippen LogP contribution in [0.4, 0.5) is 13.2 Å². The third-order valence-electron chi connectivity index (χ3n) is 3.39. The summed E-state index contributed by atoms with van der Waals surface area (Å²) in [4.78, 5) is 0. The maximum atomic E-state index is 13.0. The van der Waals surface area contributed by atoms with E-state index in [1.165, 1.54) is 0 Å². The minimum atomic E-state index is -4.72. The van der Waals surface area contributed by atoms with Crippen molar-refractivity contribution in [2.45, 2.75) is 46.4 Å². The Morgan fingerprint density at radius 3 is 2.11 bits per heavy atom. The normalized spacial score (nSPS) is 15.2. The minimum Gasteiger partial charge on any atom is -0.494 e. The van der Waals surface area contributed by atoms with Crippen molar-refractivity contribution in [2.24, 2.45) is 0 Å². The van der Waals surface area contributed by atoms with Crippen LogP contribution in [0.25, 0.3) is 0 Å². The molecule has 0 aliphatic carbocycles. The monoisotopic (exact) mass is 276 g/mol. The largest absolute Gasteiger partial charge is 0.494 e. The van der Waals surface area contributed by atoms with Gasteiger partial charge in [0.15, 0.2) is 5.60 Å². The Kier molecular flexibility index (Phi) is 4.20. The van der Waals surface area contributed by atoms with Gasteiger partial charge in [0.25, 0.3) is 0 Å². The highest BCUT2D eigenvalue weighted by Gasteiger charge is 2.52. The summed E-state index contributed by atoms with van der Waals surface area (Å²) >= 11 is 0. The molecule has 0 aliphatic heterocycles. The zero-order chi connectivity index (χ0) is 15.0. The van der Waals surface area contributed by atoms with Crippen LogP contribution in [0, 0.1) is 20.8 Å². The minimum absolute atomic E-state index is 0.0963. The molecule has 108 valence electrons. The summed E-state index contributed by atoms with van der Waals surface area (Å²) in [6, 6.07) is 1.54. The first kappa shape index (κ1) is 15.8. The maximum Gasteiger partial charge on any atom is 0.421 e. The van der Waals surface area contributed by atoms with Crippen molar-refractivity contribution < 1.29 is 23.0 Å². The molecule has 1 unspecified atom stereocenters. The van der Waals surface area contributed by atoms with Crippen LogP contribution in [-0.4, -0.2) is 17.9 Å². The van der Waals surface area contributed by atoms with Crippen LogP contribution in [-0.2, 0) is 5.60 Å². The van der Waals surface area contributed by atoms with Crippen molar-refractivity contribution in [1.82, 2.24) is 0 Å². The van der Waals surface area contributed by atoms with E-state index in [4.69, 9.17) is 4.74 Å². The van der Waals surface area contributed by atoms with Crippen LogP contribution in [0.15, 0.2) is 6.07 Å². The third kappa shape index (κ3) is 2.71. The van der Waals surface area contributed by atoms with E-state index in [0.717, 1.165) is 6.92 Å². The summed E-state index contributed by atoms with van der Waals surface area (Å²) < 4.78 is 44.3. The Hall–Kier alpha value is -1.23. The van der Waals surface area contributed by atoms with E-state index >= 15 is 0 Å². The predicted octanol–water partition coefficient (Wildman–Crippen LogP) is 3.78. The van der Waals surface area contributed by atoms with E-state index in [1.807, 2.05) is 6.92 Å². The van der Waals surface area contributed by atoms with Crippen molar-refractivity contribution in [3.05, 3.63) is 28.3 Å². The molecule has 1 rings (SSSR count). The molecular formula is C14H19F3O2. The molecule has 0 bridgehead atoms. The van der Waals surface area contributed by atoms with Gasteiger partial charge in [0, 0.05) is 0 Å². The van der Waals surface area contributed by atoms with Crippen LogP contribution < -0.4 is 4.74 Å². The second kappa shape index (κ2) is 5.04. The van der Waals surface area contributed by atoms with Gasteiger partial charge in [0.05, 0.1) is 6.61 Å². The fraction of sp³-hybridized carbons (Fsp3) is 0.571. The van der Waals surface area contributed by atoms with Crippen molar-refractivity contribution in [3.8, 4) is 5.75 Å².